The highest BCUT2D eigenvalue weighted by Gasteiger charge is 2.19. The summed E-state index contributed by atoms with van der Waals surface area (Å²) in [4.78, 5) is 0. The van der Waals surface area contributed by atoms with Crippen molar-refractivity contribution in [2.75, 3.05) is 5.32 Å². The monoisotopic (exact) mass is 226 g/mol. The number of nitrogens with zero attached hydrogens (tertiary/aromatic N) is 2. The molecule has 2 unspecified atom stereocenters. The number of nitrogens with one attached hydrogen (secondary N) is 1. The predicted octanol–water partition coefficient (Wildman–Crippen LogP) is 1.78. The Bertz CT molecular complexity index is 312. The van der Waals surface area contributed by atoms with E-state index >= 15 is 0 Å². The fourth-order valence-corrected chi connectivity index (χ4v) is 2.74. The van der Waals surface area contributed by atoms with Crippen molar-refractivity contribution in [1.82, 2.24) is 10.2 Å². The van der Waals surface area contributed by atoms with Gasteiger partial charge >= 0.3 is 0 Å². The zero-order valence-electron chi connectivity index (χ0n) is 9.07. The molecular formula is C10H18N4S. The summed E-state index contributed by atoms with van der Waals surface area (Å²) in [5.74, 6) is 0. The predicted molar refractivity (Wildman–Crippen MR) is 63.1 cm³/mol. The van der Waals surface area contributed by atoms with Crippen molar-refractivity contribution in [2.24, 2.45) is 5.73 Å². The fourth-order valence-electron chi connectivity index (χ4n) is 1.99. The lowest BCUT2D eigenvalue weighted by Crippen LogP contribution is -2.34. The highest BCUT2D eigenvalue weighted by atomic mass is 32.1. The van der Waals surface area contributed by atoms with Gasteiger partial charge in [-0.05, 0) is 32.1 Å². The molecule has 2 atom stereocenters. The zero-order chi connectivity index (χ0) is 10.7. The van der Waals surface area contributed by atoms with Gasteiger partial charge in [-0.15, -0.1) is 10.2 Å². The van der Waals surface area contributed by atoms with Crippen LogP contribution in [0.3, 0.4) is 0 Å². The highest BCUT2D eigenvalue weighted by Crippen LogP contribution is 2.23. The van der Waals surface area contributed by atoms with Crippen molar-refractivity contribution in [3.8, 4) is 0 Å². The van der Waals surface area contributed by atoms with Gasteiger partial charge in [0.2, 0.25) is 5.13 Å². The third-order valence-corrected chi connectivity index (χ3v) is 3.81. The zero-order valence-corrected chi connectivity index (χ0v) is 9.89. The maximum Gasteiger partial charge on any atom is 0.205 e. The largest absolute Gasteiger partial charge is 0.357 e. The Hall–Kier alpha value is -0.680. The van der Waals surface area contributed by atoms with E-state index in [4.69, 9.17) is 5.73 Å². The molecule has 5 heteroatoms. The van der Waals surface area contributed by atoms with Gasteiger partial charge in [0.05, 0.1) is 0 Å². The van der Waals surface area contributed by atoms with E-state index in [9.17, 15) is 0 Å². The molecule has 15 heavy (non-hydrogen) atoms. The van der Waals surface area contributed by atoms with Crippen LogP contribution in [0.1, 0.15) is 37.6 Å². The summed E-state index contributed by atoms with van der Waals surface area (Å²) in [6.45, 7) is 2.10. The topological polar surface area (TPSA) is 63.8 Å². The lowest BCUT2D eigenvalue weighted by molar-refractivity contribution is 0.409. The van der Waals surface area contributed by atoms with E-state index in [-0.39, 0.29) is 0 Å². The Labute approximate surface area is 94.3 Å². The van der Waals surface area contributed by atoms with Crippen molar-refractivity contribution in [3.63, 3.8) is 0 Å². The van der Waals surface area contributed by atoms with Crippen molar-refractivity contribution < 1.29 is 0 Å². The van der Waals surface area contributed by atoms with E-state index in [1.807, 2.05) is 0 Å². The van der Waals surface area contributed by atoms with E-state index in [2.05, 4.69) is 22.4 Å². The number of rotatable bonds is 3. The molecule has 1 aromatic rings. The minimum Gasteiger partial charge on any atom is -0.357 e. The van der Waals surface area contributed by atoms with E-state index < -0.39 is 0 Å². The van der Waals surface area contributed by atoms with Crippen LogP contribution in [0.4, 0.5) is 5.13 Å². The van der Waals surface area contributed by atoms with Gasteiger partial charge in [-0.3, -0.25) is 0 Å². The molecule has 3 N–H and O–H groups in total. The number of aromatic nitrogens is 2. The van der Waals surface area contributed by atoms with Gasteiger partial charge in [-0.1, -0.05) is 18.3 Å². The van der Waals surface area contributed by atoms with Gasteiger partial charge in [0.1, 0.15) is 5.01 Å². The summed E-state index contributed by atoms with van der Waals surface area (Å²) in [5.41, 5.74) is 5.94. The van der Waals surface area contributed by atoms with Crippen LogP contribution in [-0.2, 0) is 6.42 Å². The minimum absolute atomic E-state index is 0.356. The first-order valence-electron chi connectivity index (χ1n) is 5.62. The lowest BCUT2D eigenvalue weighted by atomic mass is 9.92. The summed E-state index contributed by atoms with van der Waals surface area (Å²) in [7, 11) is 0. The van der Waals surface area contributed by atoms with Crippen LogP contribution in [0.5, 0.6) is 0 Å². The summed E-state index contributed by atoms with van der Waals surface area (Å²) in [6, 6.07) is 0.848. The van der Waals surface area contributed by atoms with E-state index in [1.165, 1.54) is 12.8 Å². The molecule has 4 nitrogen and oxygen atoms in total. The molecule has 2 rings (SSSR count). The smallest absolute Gasteiger partial charge is 0.205 e. The van der Waals surface area contributed by atoms with E-state index in [1.54, 1.807) is 11.3 Å². The van der Waals surface area contributed by atoms with Crippen molar-refractivity contribution in [3.05, 3.63) is 5.01 Å². The van der Waals surface area contributed by atoms with Gasteiger partial charge in [0.25, 0.3) is 0 Å². The number of nitrogens with two attached hydrogens (primary N) is 1. The first-order valence-corrected chi connectivity index (χ1v) is 6.44. The fraction of sp³-hybridized carbons (Fsp3) is 0.800. The molecule has 1 aliphatic rings. The summed E-state index contributed by atoms with van der Waals surface area (Å²) in [6.07, 6.45) is 5.60. The Balaban J connectivity index is 1.90. The number of hydrogen-bond acceptors (Lipinski definition) is 5. The third kappa shape index (κ3) is 2.89. The lowest BCUT2D eigenvalue weighted by Gasteiger charge is -2.26. The Morgan fingerprint density at radius 1 is 1.47 bits per heavy atom. The summed E-state index contributed by atoms with van der Waals surface area (Å²) >= 11 is 1.65. The Morgan fingerprint density at radius 2 is 2.33 bits per heavy atom. The van der Waals surface area contributed by atoms with Crippen LogP contribution < -0.4 is 11.1 Å². The van der Waals surface area contributed by atoms with Crippen LogP contribution in [0.2, 0.25) is 0 Å². The standard InChI is InChI=1S/C10H18N4S/c1-2-9-13-14-10(15-9)12-8-5-3-4-7(11)6-8/h7-8H,2-6,11H2,1H3,(H,12,14). The molecule has 1 fully saturated rings. The van der Waals surface area contributed by atoms with Gasteiger partial charge < -0.3 is 11.1 Å². The summed E-state index contributed by atoms with van der Waals surface area (Å²) in [5, 5.41) is 13.7. The average Bonchev–Trinajstić information content (AvgIpc) is 2.65. The van der Waals surface area contributed by atoms with Crippen molar-refractivity contribution >= 4 is 16.5 Å². The average molecular weight is 226 g/mol. The molecule has 0 aliphatic heterocycles. The van der Waals surface area contributed by atoms with Gasteiger partial charge in [-0.2, -0.15) is 0 Å². The van der Waals surface area contributed by atoms with Crippen molar-refractivity contribution in [1.29, 1.82) is 0 Å². The normalized spacial score (nSPS) is 26.5. The second kappa shape index (κ2) is 4.90. The first kappa shape index (κ1) is 10.8. The summed E-state index contributed by atoms with van der Waals surface area (Å²) < 4.78 is 0. The molecular weight excluding hydrogens is 208 g/mol. The van der Waals surface area contributed by atoms with Crippen LogP contribution in [0.15, 0.2) is 0 Å². The maximum absolute atomic E-state index is 5.94. The second-order valence-corrected chi connectivity index (χ2v) is 5.18. The molecule has 1 aromatic heterocycles. The molecule has 84 valence electrons. The van der Waals surface area contributed by atoms with Crippen molar-refractivity contribution in [2.45, 2.75) is 51.1 Å². The van der Waals surface area contributed by atoms with E-state index in [0.717, 1.165) is 29.4 Å². The SMILES string of the molecule is CCc1nnc(NC2CCCC(N)C2)s1. The Morgan fingerprint density at radius 3 is 3.00 bits per heavy atom. The highest BCUT2D eigenvalue weighted by molar-refractivity contribution is 7.15. The van der Waals surface area contributed by atoms with Crippen LogP contribution in [0.25, 0.3) is 0 Å². The molecule has 1 heterocycles. The molecule has 0 bridgehead atoms. The van der Waals surface area contributed by atoms with Crippen LogP contribution in [0, 0.1) is 0 Å². The quantitative estimate of drug-likeness (QED) is 0.824. The number of aryl methyl sites for hydroxylation is 1. The molecule has 0 amide bonds. The van der Waals surface area contributed by atoms with Crippen LogP contribution in [-0.4, -0.2) is 22.3 Å². The maximum atomic E-state index is 5.94. The molecule has 1 aliphatic carbocycles. The van der Waals surface area contributed by atoms with Gasteiger partial charge in [0, 0.05) is 12.1 Å². The van der Waals surface area contributed by atoms with Gasteiger partial charge in [-0.25, -0.2) is 0 Å². The number of anilines is 1. The Kier molecular flexibility index (Phi) is 3.53. The van der Waals surface area contributed by atoms with Gasteiger partial charge in [0.15, 0.2) is 0 Å². The minimum atomic E-state index is 0.356. The molecule has 0 aromatic carbocycles. The molecule has 0 spiro atoms. The second-order valence-electron chi connectivity index (χ2n) is 4.12. The third-order valence-electron chi connectivity index (χ3n) is 2.81. The molecule has 1 saturated carbocycles. The van der Waals surface area contributed by atoms with Crippen LogP contribution >= 0.6 is 11.3 Å². The molecule has 0 saturated heterocycles. The first-order chi connectivity index (χ1) is 7.28. The van der Waals surface area contributed by atoms with E-state index in [0.29, 0.717) is 12.1 Å². The molecule has 0 radical (unpaired) electrons. The number of hydrogen-bond donors (Lipinski definition) is 2.